The molecule has 24 heavy (non-hydrogen) atoms. The quantitative estimate of drug-likeness (QED) is 0.781. The Morgan fingerprint density at radius 2 is 1.88 bits per heavy atom. The Morgan fingerprint density at radius 3 is 2.50 bits per heavy atom. The summed E-state index contributed by atoms with van der Waals surface area (Å²) in [5.74, 6) is 1.88. The summed E-state index contributed by atoms with van der Waals surface area (Å²) in [7, 11) is 1.57. The summed E-state index contributed by atoms with van der Waals surface area (Å²) in [4.78, 5) is 16.7. The van der Waals surface area contributed by atoms with E-state index in [0.29, 0.717) is 22.9 Å². The number of ether oxygens (including phenoxy) is 1. The number of nitrogens with zero attached hydrogens (tertiary/aromatic N) is 1. The van der Waals surface area contributed by atoms with Crippen LogP contribution in [-0.4, -0.2) is 18.0 Å². The molecular weight excluding hydrogens is 304 g/mol. The number of carbonyl (C=O) groups excluding carboxylic acids is 1. The van der Waals surface area contributed by atoms with Gasteiger partial charge in [0.15, 0.2) is 5.89 Å². The number of nitrogens with one attached hydrogen (secondary N) is 1. The molecule has 5 nitrogen and oxygen atoms in total. The van der Waals surface area contributed by atoms with E-state index in [4.69, 9.17) is 9.15 Å². The summed E-state index contributed by atoms with van der Waals surface area (Å²) in [5, 5.41) is 2.87. The molecule has 0 saturated heterocycles. The summed E-state index contributed by atoms with van der Waals surface area (Å²) in [5.41, 5.74) is 3.02. The fourth-order valence-corrected chi connectivity index (χ4v) is 2.48. The first-order valence-electron chi connectivity index (χ1n) is 7.56. The first kappa shape index (κ1) is 15.8. The van der Waals surface area contributed by atoms with E-state index in [1.54, 1.807) is 31.4 Å². The Labute approximate surface area is 140 Å². The number of aromatic nitrogens is 1. The fourth-order valence-electron chi connectivity index (χ4n) is 2.48. The molecule has 0 atom stereocenters. The average Bonchev–Trinajstić information content (AvgIpc) is 2.94. The van der Waals surface area contributed by atoms with E-state index in [2.05, 4.69) is 10.3 Å². The number of amides is 1. The van der Waals surface area contributed by atoms with Gasteiger partial charge in [0.1, 0.15) is 17.2 Å². The lowest BCUT2D eigenvalue weighted by Crippen LogP contribution is -2.11. The van der Waals surface area contributed by atoms with Crippen molar-refractivity contribution in [1.29, 1.82) is 0 Å². The normalized spacial score (nSPS) is 10.5. The monoisotopic (exact) mass is 322 g/mol. The van der Waals surface area contributed by atoms with Crippen LogP contribution in [0.15, 0.2) is 52.9 Å². The molecule has 2 aromatic carbocycles. The Balaban J connectivity index is 1.76. The predicted molar refractivity (Wildman–Crippen MR) is 92.4 cm³/mol. The van der Waals surface area contributed by atoms with Crippen molar-refractivity contribution < 1.29 is 13.9 Å². The highest BCUT2D eigenvalue weighted by Crippen LogP contribution is 2.25. The molecule has 0 fully saturated rings. The SMILES string of the molecule is COc1cccc(C(=O)Nc2ccc(-c3nc(C)oc3C)cc2)c1. The summed E-state index contributed by atoms with van der Waals surface area (Å²) in [6.07, 6.45) is 0. The van der Waals surface area contributed by atoms with Gasteiger partial charge >= 0.3 is 0 Å². The van der Waals surface area contributed by atoms with E-state index in [1.807, 2.05) is 38.1 Å². The van der Waals surface area contributed by atoms with Gasteiger partial charge < -0.3 is 14.5 Å². The molecule has 0 unspecified atom stereocenters. The van der Waals surface area contributed by atoms with Crippen LogP contribution in [0.3, 0.4) is 0 Å². The van der Waals surface area contributed by atoms with Crippen molar-refractivity contribution in [2.75, 3.05) is 12.4 Å². The lowest BCUT2D eigenvalue weighted by atomic mass is 10.1. The highest BCUT2D eigenvalue weighted by molar-refractivity contribution is 6.04. The molecule has 0 saturated carbocycles. The summed E-state index contributed by atoms with van der Waals surface area (Å²) < 4.78 is 10.6. The van der Waals surface area contributed by atoms with Gasteiger partial charge in [0.25, 0.3) is 5.91 Å². The van der Waals surface area contributed by atoms with E-state index in [0.717, 1.165) is 17.0 Å². The van der Waals surface area contributed by atoms with E-state index in [1.165, 1.54) is 0 Å². The van der Waals surface area contributed by atoms with Crippen molar-refractivity contribution >= 4 is 11.6 Å². The molecule has 0 aliphatic heterocycles. The molecule has 3 aromatic rings. The van der Waals surface area contributed by atoms with Crippen LogP contribution in [0.4, 0.5) is 5.69 Å². The van der Waals surface area contributed by atoms with Crippen LogP contribution in [0.5, 0.6) is 5.75 Å². The molecule has 1 amide bonds. The summed E-state index contributed by atoms with van der Waals surface area (Å²) in [6.45, 7) is 3.70. The van der Waals surface area contributed by atoms with Crippen molar-refractivity contribution in [3.05, 3.63) is 65.7 Å². The average molecular weight is 322 g/mol. The zero-order valence-electron chi connectivity index (χ0n) is 13.8. The van der Waals surface area contributed by atoms with E-state index in [9.17, 15) is 4.79 Å². The third-order valence-electron chi connectivity index (χ3n) is 3.65. The van der Waals surface area contributed by atoms with Crippen LogP contribution in [0.1, 0.15) is 22.0 Å². The standard InChI is InChI=1S/C19H18N2O3/c1-12-18(20-13(2)24-12)14-7-9-16(10-8-14)21-19(22)15-5-4-6-17(11-15)23-3/h4-11H,1-3H3,(H,21,22). The van der Waals surface area contributed by atoms with E-state index >= 15 is 0 Å². The third-order valence-corrected chi connectivity index (χ3v) is 3.65. The zero-order chi connectivity index (χ0) is 17.1. The van der Waals surface area contributed by atoms with Gasteiger partial charge in [-0.2, -0.15) is 0 Å². The predicted octanol–water partition coefficient (Wildman–Crippen LogP) is 4.22. The van der Waals surface area contributed by atoms with Crippen LogP contribution >= 0.6 is 0 Å². The zero-order valence-corrected chi connectivity index (χ0v) is 13.8. The minimum atomic E-state index is -0.185. The first-order chi connectivity index (χ1) is 11.6. The molecule has 1 aromatic heterocycles. The number of methoxy groups -OCH3 is 1. The highest BCUT2D eigenvalue weighted by atomic mass is 16.5. The molecule has 0 spiro atoms. The second kappa shape index (κ2) is 6.58. The topological polar surface area (TPSA) is 64.4 Å². The maximum atomic E-state index is 12.3. The molecule has 0 aliphatic carbocycles. The van der Waals surface area contributed by atoms with Gasteiger partial charge in [0, 0.05) is 23.7 Å². The van der Waals surface area contributed by atoms with Crippen molar-refractivity contribution in [3.63, 3.8) is 0 Å². The van der Waals surface area contributed by atoms with Crippen molar-refractivity contribution in [2.45, 2.75) is 13.8 Å². The number of hydrogen-bond acceptors (Lipinski definition) is 4. The lowest BCUT2D eigenvalue weighted by Gasteiger charge is -2.07. The molecule has 1 N–H and O–H groups in total. The van der Waals surface area contributed by atoms with Gasteiger partial charge in [-0.1, -0.05) is 18.2 Å². The van der Waals surface area contributed by atoms with Crippen molar-refractivity contribution in [3.8, 4) is 17.0 Å². The molecule has 0 radical (unpaired) electrons. The number of oxazole rings is 1. The second-order valence-electron chi connectivity index (χ2n) is 5.40. The van der Waals surface area contributed by atoms with Gasteiger partial charge in [-0.05, 0) is 37.3 Å². The van der Waals surface area contributed by atoms with Gasteiger partial charge in [-0.25, -0.2) is 4.98 Å². The van der Waals surface area contributed by atoms with E-state index in [-0.39, 0.29) is 5.91 Å². The molecule has 3 rings (SSSR count). The molecular formula is C19H18N2O3. The minimum absolute atomic E-state index is 0.185. The molecule has 122 valence electrons. The van der Waals surface area contributed by atoms with Crippen LogP contribution in [0.25, 0.3) is 11.3 Å². The molecule has 0 bridgehead atoms. The summed E-state index contributed by atoms with van der Waals surface area (Å²) in [6, 6.07) is 14.5. The molecule has 5 heteroatoms. The number of carbonyl (C=O) groups is 1. The highest BCUT2D eigenvalue weighted by Gasteiger charge is 2.10. The van der Waals surface area contributed by atoms with Crippen molar-refractivity contribution in [2.24, 2.45) is 0 Å². The Hall–Kier alpha value is -3.08. The second-order valence-corrected chi connectivity index (χ2v) is 5.40. The first-order valence-corrected chi connectivity index (χ1v) is 7.56. The van der Waals surface area contributed by atoms with Crippen molar-refractivity contribution in [1.82, 2.24) is 4.98 Å². The Morgan fingerprint density at radius 1 is 1.12 bits per heavy atom. The van der Waals surface area contributed by atoms with Crippen LogP contribution in [0.2, 0.25) is 0 Å². The van der Waals surface area contributed by atoms with E-state index < -0.39 is 0 Å². The number of hydrogen-bond donors (Lipinski definition) is 1. The molecule has 1 heterocycles. The lowest BCUT2D eigenvalue weighted by molar-refractivity contribution is 0.102. The smallest absolute Gasteiger partial charge is 0.255 e. The maximum absolute atomic E-state index is 12.3. The molecule has 0 aliphatic rings. The number of aryl methyl sites for hydroxylation is 2. The fraction of sp³-hybridized carbons (Fsp3) is 0.158. The van der Waals surface area contributed by atoms with Gasteiger partial charge in [-0.3, -0.25) is 4.79 Å². The number of rotatable bonds is 4. The van der Waals surface area contributed by atoms with Gasteiger partial charge in [0.2, 0.25) is 0 Å². The third kappa shape index (κ3) is 3.30. The van der Waals surface area contributed by atoms with Gasteiger partial charge in [-0.15, -0.1) is 0 Å². The van der Waals surface area contributed by atoms with Crippen LogP contribution in [-0.2, 0) is 0 Å². The Kier molecular flexibility index (Phi) is 4.33. The van der Waals surface area contributed by atoms with Crippen LogP contribution < -0.4 is 10.1 Å². The van der Waals surface area contributed by atoms with Gasteiger partial charge in [0.05, 0.1) is 7.11 Å². The number of anilines is 1. The minimum Gasteiger partial charge on any atom is -0.497 e. The van der Waals surface area contributed by atoms with Crippen LogP contribution in [0, 0.1) is 13.8 Å². The maximum Gasteiger partial charge on any atom is 0.255 e. The Bertz CT molecular complexity index is 867. The largest absolute Gasteiger partial charge is 0.497 e. The summed E-state index contributed by atoms with van der Waals surface area (Å²) >= 11 is 0. The number of benzene rings is 2.